The average molecular weight is 424 g/mol. The summed E-state index contributed by atoms with van der Waals surface area (Å²) < 4.78 is 7.57. The van der Waals surface area contributed by atoms with Crippen LogP contribution >= 0.6 is 0 Å². The monoisotopic (exact) mass is 423 g/mol. The highest BCUT2D eigenvalue weighted by Crippen LogP contribution is 2.26. The number of carbonyl (C=O) groups excluding carboxylic acids is 2. The van der Waals surface area contributed by atoms with Crippen molar-refractivity contribution < 1.29 is 14.3 Å². The number of likely N-dealkylation sites (tertiary alicyclic amines) is 1. The molecule has 0 radical (unpaired) electrons. The number of nitrogens with one attached hydrogen (secondary N) is 1. The van der Waals surface area contributed by atoms with Crippen LogP contribution < -0.4 is 5.32 Å². The van der Waals surface area contributed by atoms with Gasteiger partial charge in [0.25, 0.3) is 5.91 Å². The lowest BCUT2D eigenvalue weighted by Gasteiger charge is -2.34. The summed E-state index contributed by atoms with van der Waals surface area (Å²) in [6.07, 6.45) is 6.21. The van der Waals surface area contributed by atoms with Crippen molar-refractivity contribution in [1.29, 1.82) is 0 Å². The van der Waals surface area contributed by atoms with Gasteiger partial charge in [-0.2, -0.15) is 0 Å². The SMILES string of the molecule is CC(C)(C)OC(=O)N1CCC(n2cccc2C(=O)NC2CCc3ccccc3C2)CC1. The lowest BCUT2D eigenvalue weighted by Crippen LogP contribution is -2.43. The fraction of sp³-hybridized carbons (Fsp3) is 0.520. The molecule has 1 atom stereocenters. The molecule has 4 rings (SSSR count). The van der Waals surface area contributed by atoms with Gasteiger partial charge in [0.2, 0.25) is 0 Å². The number of amides is 2. The van der Waals surface area contributed by atoms with Crippen molar-refractivity contribution >= 4 is 12.0 Å². The van der Waals surface area contributed by atoms with Crippen LogP contribution in [0.2, 0.25) is 0 Å². The maximum absolute atomic E-state index is 13.1. The zero-order valence-electron chi connectivity index (χ0n) is 18.8. The van der Waals surface area contributed by atoms with E-state index < -0.39 is 5.60 Å². The van der Waals surface area contributed by atoms with Gasteiger partial charge in [0.1, 0.15) is 11.3 Å². The second kappa shape index (κ2) is 8.77. The van der Waals surface area contributed by atoms with Gasteiger partial charge >= 0.3 is 6.09 Å². The normalized spacial score (nSPS) is 19.6. The molecule has 0 saturated carbocycles. The second-order valence-corrected chi connectivity index (χ2v) is 9.68. The molecule has 1 N–H and O–H groups in total. The topological polar surface area (TPSA) is 63.6 Å². The maximum Gasteiger partial charge on any atom is 0.410 e. The zero-order valence-corrected chi connectivity index (χ0v) is 18.8. The number of nitrogens with zero attached hydrogens (tertiary/aromatic N) is 2. The van der Waals surface area contributed by atoms with Crippen molar-refractivity contribution in [1.82, 2.24) is 14.8 Å². The van der Waals surface area contributed by atoms with Crippen molar-refractivity contribution in [2.75, 3.05) is 13.1 Å². The van der Waals surface area contributed by atoms with Crippen molar-refractivity contribution in [2.24, 2.45) is 0 Å². The lowest BCUT2D eigenvalue weighted by molar-refractivity contribution is 0.0187. The van der Waals surface area contributed by atoms with Gasteiger partial charge in [-0.15, -0.1) is 0 Å². The summed E-state index contributed by atoms with van der Waals surface area (Å²) in [5.74, 6) is -0.0102. The van der Waals surface area contributed by atoms with Crippen molar-refractivity contribution in [3.63, 3.8) is 0 Å². The van der Waals surface area contributed by atoms with Gasteiger partial charge in [-0.1, -0.05) is 24.3 Å². The van der Waals surface area contributed by atoms with Crippen molar-refractivity contribution in [3.05, 3.63) is 59.4 Å². The van der Waals surface area contributed by atoms with E-state index in [0.717, 1.165) is 32.1 Å². The molecule has 0 bridgehead atoms. The third-order valence-corrected chi connectivity index (χ3v) is 6.20. The molecule has 2 aliphatic rings. The van der Waals surface area contributed by atoms with Crippen LogP contribution in [-0.2, 0) is 17.6 Å². The van der Waals surface area contributed by atoms with Gasteiger partial charge in [-0.3, -0.25) is 4.79 Å². The van der Waals surface area contributed by atoms with E-state index in [1.807, 2.05) is 39.1 Å². The molecule has 6 heteroatoms. The van der Waals surface area contributed by atoms with Crippen molar-refractivity contribution in [2.45, 2.75) is 70.6 Å². The molecule has 166 valence electrons. The Morgan fingerprint density at radius 1 is 1.00 bits per heavy atom. The molecule has 1 fully saturated rings. The Morgan fingerprint density at radius 3 is 2.42 bits per heavy atom. The highest BCUT2D eigenvalue weighted by molar-refractivity contribution is 5.93. The molecule has 2 aromatic rings. The Morgan fingerprint density at radius 2 is 1.71 bits per heavy atom. The lowest BCUT2D eigenvalue weighted by atomic mass is 9.88. The van der Waals surface area contributed by atoms with E-state index in [-0.39, 0.29) is 24.1 Å². The first-order valence-electron chi connectivity index (χ1n) is 11.3. The molecule has 31 heavy (non-hydrogen) atoms. The number of rotatable bonds is 3. The van der Waals surface area contributed by atoms with Crippen LogP contribution in [0.5, 0.6) is 0 Å². The summed E-state index contributed by atoms with van der Waals surface area (Å²) in [5.41, 5.74) is 2.95. The maximum atomic E-state index is 13.1. The summed E-state index contributed by atoms with van der Waals surface area (Å²) in [5, 5.41) is 3.25. The second-order valence-electron chi connectivity index (χ2n) is 9.68. The molecule has 1 unspecified atom stereocenters. The van der Waals surface area contributed by atoms with E-state index in [4.69, 9.17) is 4.74 Å². The Bertz CT molecular complexity index is 935. The third kappa shape index (κ3) is 5.12. The number of hydrogen-bond acceptors (Lipinski definition) is 3. The number of aryl methyl sites for hydroxylation is 1. The fourth-order valence-electron chi connectivity index (χ4n) is 4.64. The fourth-order valence-corrected chi connectivity index (χ4v) is 4.64. The molecule has 1 saturated heterocycles. The summed E-state index contributed by atoms with van der Waals surface area (Å²) in [6.45, 7) is 6.92. The van der Waals surface area contributed by atoms with Gasteiger partial charge in [0, 0.05) is 31.4 Å². The molecular formula is C25H33N3O3. The molecule has 1 aliphatic heterocycles. The Hall–Kier alpha value is -2.76. The summed E-state index contributed by atoms with van der Waals surface area (Å²) >= 11 is 0. The minimum Gasteiger partial charge on any atom is -0.444 e. The van der Waals surface area contributed by atoms with Crippen LogP contribution in [0, 0.1) is 0 Å². The zero-order chi connectivity index (χ0) is 22.0. The average Bonchev–Trinajstić information content (AvgIpc) is 3.23. The first kappa shape index (κ1) is 21.5. The first-order valence-corrected chi connectivity index (χ1v) is 11.3. The van der Waals surface area contributed by atoms with E-state index in [9.17, 15) is 9.59 Å². The number of fused-ring (bicyclic) bond motifs is 1. The minimum absolute atomic E-state index is 0.0102. The highest BCUT2D eigenvalue weighted by atomic mass is 16.6. The Balaban J connectivity index is 1.35. The smallest absolute Gasteiger partial charge is 0.410 e. The molecule has 1 aliphatic carbocycles. The molecule has 2 heterocycles. The van der Waals surface area contributed by atoms with E-state index in [1.165, 1.54) is 11.1 Å². The predicted octanol–water partition coefficient (Wildman–Crippen LogP) is 4.35. The quantitative estimate of drug-likeness (QED) is 0.798. The number of ether oxygens (including phenoxy) is 1. The number of piperidine rings is 1. The number of hydrogen-bond donors (Lipinski definition) is 1. The van der Waals surface area contributed by atoms with Gasteiger partial charge in [-0.25, -0.2) is 4.79 Å². The van der Waals surface area contributed by atoms with Crippen LogP contribution in [0.15, 0.2) is 42.6 Å². The summed E-state index contributed by atoms with van der Waals surface area (Å²) in [6, 6.07) is 12.7. The van der Waals surface area contributed by atoms with Crippen molar-refractivity contribution in [3.8, 4) is 0 Å². The van der Waals surface area contributed by atoms with Crippen LogP contribution in [0.25, 0.3) is 0 Å². The molecule has 0 spiro atoms. The number of aromatic nitrogens is 1. The van der Waals surface area contributed by atoms with Gasteiger partial charge < -0.3 is 19.5 Å². The summed E-state index contributed by atoms with van der Waals surface area (Å²) in [4.78, 5) is 27.2. The Labute approximate surface area is 184 Å². The molecule has 6 nitrogen and oxygen atoms in total. The molecular weight excluding hydrogens is 390 g/mol. The number of carbonyl (C=O) groups is 2. The minimum atomic E-state index is -0.487. The standard InChI is InChI=1S/C25H33N3O3/c1-25(2,3)31-24(30)27-15-12-21(13-16-27)28-14-6-9-22(28)23(29)26-20-11-10-18-7-4-5-8-19(18)17-20/h4-9,14,20-21H,10-13,15-17H2,1-3H3,(H,26,29). The molecule has 2 amide bonds. The first-order chi connectivity index (χ1) is 14.8. The Kier molecular flexibility index (Phi) is 6.08. The third-order valence-electron chi connectivity index (χ3n) is 6.20. The molecule has 1 aromatic heterocycles. The summed E-state index contributed by atoms with van der Waals surface area (Å²) in [7, 11) is 0. The molecule has 1 aromatic carbocycles. The van der Waals surface area contributed by atoms with Gasteiger partial charge in [0.15, 0.2) is 0 Å². The van der Waals surface area contributed by atoms with Crippen LogP contribution in [0.3, 0.4) is 0 Å². The highest BCUT2D eigenvalue weighted by Gasteiger charge is 2.29. The van der Waals surface area contributed by atoms with E-state index >= 15 is 0 Å². The predicted molar refractivity (Wildman–Crippen MR) is 120 cm³/mol. The van der Waals surface area contributed by atoms with Crippen LogP contribution in [0.4, 0.5) is 4.79 Å². The van der Waals surface area contributed by atoms with E-state index in [2.05, 4.69) is 34.1 Å². The van der Waals surface area contributed by atoms with E-state index in [0.29, 0.717) is 18.8 Å². The van der Waals surface area contributed by atoms with E-state index in [1.54, 1.807) is 4.90 Å². The van der Waals surface area contributed by atoms with Crippen LogP contribution in [-0.4, -0.2) is 46.2 Å². The van der Waals surface area contributed by atoms with Gasteiger partial charge in [0.05, 0.1) is 0 Å². The van der Waals surface area contributed by atoms with Crippen LogP contribution in [0.1, 0.15) is 67.7 Å². The number of benzene rings is 1. The van der Waals surface area contributed by atoms with Gasteiger partial charge in [-0.05, 0) is 76.1 Å². The largest absolute Gasteiger partial charge is 0.444 e.